The second-order valence-corrected chi connectivity index (χ2v) is 4.04. The van der Waals surface area contributed by atoms with E-state index >= 15 is 0 Å². The van der Waals surface area contributed by atoms with Crippen LogP contribution in [0.4, 0.5) is 4.39 Å². The molecule has 0 aliphatic rings. The SMILES string of the molecule is Cc1ccc(F)c(Sc2ccn[nH]2)c1. The average molecular weight is 208 g/mol. The molecule has 0 saturated heterocycles. The van der Waals surface area contributed by atoms with Gasteiger partial charge in [0.25, 0.3) is 0 Å². The summed E-state index contributed by atoms with van der Waals surface area (Å²) in [7, 11) is 0. The topological polar surface area (TPSA) is 28.7 Å². The number of nitrogens with one attached hydrogen (secondary N) is 1. The van der Waals surface area contributed by atoms with E-state index < -0.39 is 0 Å². The Labute approximate surface area is 85.5 Å². The Bertz CT molecular complexity index is 426. The molecular weight excluding hydrogens is 199 g/mol. The van der Waals surface area contributed by atoms with Crippen LogP contribution in [0.1, 0.15) is 5.56 Å². The lowest BCUT2D eigenvalue weighted by Crippen LogP contribution is -1.82. The van der Waals surface area contributed by atoms with Crippen LogP contribution in [0.3, 0.4) is 0 Å². The average Bonchev–Trinajstić information content (AvgIpc) is 2.64. The van der Waals surface area contributed by atoms with Crippen LogP contribution in [0.25, 0.3) is 0 Å². The summed E-state index contributed by atoms with van der Waals surface area (Å²) < 4.78 is 13.3. The molecule has 72 valence electrons. The fraction of sp³-hybridized carbons (Fsp3) is 0.100. The van der Waals surface area contributed by atoms with Crippen molar-refractivity contribution in [2.24, 2.45) is 0 Å². The number of hydrogen-bond donors (Lipinski definition) is 1. The van der Waals surface area contributed by atoms with Gasteiger partial charge in [-0.15, -0.1) is 0 Å². The van der Waals surface area contributed by atoms with E-state index in [1.807, 2.05) is 19.1 Å². The molecule has 0 radical (unpaired) electrons. The number of H-pyrrole nitrogens is 1. The molecule has 0 fully saturated rings. The number of halogens is 1. The molecule has 1 aromatic carbocycles. The minimum absolute atomic E-state index is 0.199. The molecule has 0 aliphatic carbocycles. The van der Waals surface area contributed by atoms with Crippen molar-refractivity contribution in [3.8, 4) is 0 Å². The van der Waals surface area contributed by atoms with Crippen LogP contribution in [-0.2, 0) is 0 Å². The smallest absolute Gasteiger partial charge is 0.137 e. The zero-order valence-electron chi connectivity index (χ0n) is 7.62. The molecular formula is C10H9FN2S. The first-order chi connectivity index (χ1) is 6.75. The minimum Gasteiger partial charge on any atom is -0.272 e. The Morgan fingerprint density at radius 1 is 1.36 bits per heavy atom. The minimum atomic E-state index is -0.199. The summed E-state index contributed by atoms with van der Waals surface area (Å²) in [6.07, 6.45) is 1.65. The van der Waals surface area contributed by atoms with E-state index in [2.05, 4.69) is 10.2 Å². The molecule has 0 atom stereocenters. The van der Waals surface area contributed by atoms with Crippen molar-refractivity contribution in [3.05, 3.63) is 41.8 Å². The van der Waals surface area contributed by atoms with Crippen molar-refractivity contribution in [3.63, 3.8) is 0 Å². The van der Waals surface area contributed by atoms with Gasteiger partial charge in [0.2, 0.25) is 0 Å². The van der Waals surface area contributed by atoms with Gasteiger partial charge in [-0.2, -0.15) is 5.10 Å². The van der Waals surface area contributed by atoms with Crippen molar-refractivity contribution in [1.29, 1.82) is 0 Å². The molecule has 1 N–H and O–H groups in total. The highest BCUT2D eigenvalue weighted by Gasteiger charge is 2.04. The predicted molar refractivity (Wildman–Crippen MR) is 53.8 cm³/mol. The van der Waals surface area contributed by atoms with Crippen LogP contribution in [0.2, 0.25) is 0 Å². The van der Waals surface area contributed by atoms with Gasteiger partial charge in [0.1, 0.15) is 5.82 Å². The molecule has 0 unspecified atom stereocenters. The zero-order chi connectivity index (χ0) is 9.97. The van der Waals surface area contributed by atoms with E-state index in [1.54, 1.807) is 12.3 Å². The molecule has 2 nitrogen and oxygen atoms in total. The quantitative estimate of drug-likeness (QED) is 0.821. The van der Waals surface area contributed by atoms with Crippen LogP contribution in [0, 0.1) is 12.7 Å². The second kappa shape index (κ2) is 3.84. The van der Waals surface area contributed by atoms with Crippen LogP contribution in [0.5, 0.6) is 0 Å². The summed E-state index contributed by atoms with van der Waals surface area (Å²) in [6, 6.07) is 6.87. The lowest BCUT2D eigenvalue weighted by molar-refractivity contribution is 0.601. The number of aryl methyl sites for hydroxylation is 1. The number of benzene rings is 1. The third-order valence-corrected chi connectivity index (χ3v) is 2.76. The maximum atomic E-state index is 13.3. The Morgan fingerprint density at radius 3 is 2.93 bits per heavy atom. The largest absolute Gasteiger partial charge is 0.272 e. The Morgan fingerprint density at radius 2 is 2.21 bits per heavy atom. The van der Waals surface area contributed by atoms with Crippen LogP contribution < -0.4 is 0 Å². The summed E-state index contributed by atoms with van der Waals surface area (Å²) in [4.78, 5) is 0.620. The van der Waals surface area contributed by atoms with Crippen molar-refractivity contribution < 1.29 is 4.39 Å². The van der Waals surface area contributed by atoms with Crippen LogP contribution >= 0.6 is 11.8 Å². The van der Waals surface area contributed by atoms with Crippen LogP contribution in [-0.4, -0.2) is 10.2 Å². The Kier molecular flexibility index (Phi) is 2.54. The van der Waals surface area contributed by atoms with Gasteiger partial charge in [-0.25, -0.2) is 4.39 Å². The maximum absolute atomic E-state index is 13.3. The molecule has 0 spiro atoms. The lowest BCUT2D eigenvalue weighted by atomic mass is 10.2. The fourth-order valence-corrected chi connectivity index (χ4v) is 1.98. The van der Waals surface area contributed by atoms with E-state index in [1.165, 1.54) is 17.8 Å². The van der Waals surface area contributed by atoms with Gasteiger partial charge in [0, 0.05) is 11.1 Å². The van der Waals surface area contributed by atoms with Gasteiger partial charge in [-0.3, -0.25) is 5.10 Å². The van der Waals surface area contributed by atoms with E-state index in [4.69, 9.17) is 0 Å². The van der Waals surface area contributed by atoms with Gasteiger partial charge in [0.15, 0.2) is 0 Å². The number of aromatic amines is 1. The molecule has 14 heavy (non-hydrogen) atoms. The second-order valence-electron chi connectivity index (χ2n) is 2.96. The van der Waals surface area contributed by atoms with Crippen molar-refractivity contribution in [2.75, 3.05) is 0 Å². The Hall–Kier alpha value is -1.29. The summed E-state index contributed by atoms with van der Waals surface area (Å²) in [5, 5.41) is 7.42. The summed E-state index contributed by atoms with van der Waals surface area (Å²) >= 11 is 1.34. The highest BCUT2D eigenvalue weighted by atomic mass is 32.2. The third-order valence-electron chi connectivity index (χ3n) is 1.78. The fourth-order valence-electron chi connectivity index (χ4n) is 1.11. The van der Waals surface area contributed by atoms with E-state index in [9.17, 15) is 4.39 Å². The highest BCUT2D eigenvalue weighted by molar-refractivity contribution is 7.99. The number of rotatable bonds is 2. The van der Waals surface area contributed by atoms with Crippen molar-refractivity contribution in [2.45, 2.75) is 16.8 Å². The molecule has 0 bridgehead atoms. The van der Waals surface area contributed by atoms with Crippen LogP contribution in [0.15, 0.2) is 40.4 Å². The number of aromatic nitrogens is 2. The Balaban J connectivity index is 2.28. The number of nitrogens with zero attached hydrogens (tertiary/aromatic N) is 1. The van der Waals surface area contributed by atoms with E-state index in [-0.39, 0.29) is 5.82 Å². The maximum Gasteiger partial charge on any atom is 0.137 e. The first-order valence-corrected chi connectivity index (χ1v) is 5.01. The normalized spacial score (nSPS) is 10.4. The zero-order valence-corrected chi connectivity index (χ0v) is 8.44. The van der Waals surface area contributed by atoms with Gasteiger partial charge in [-0.05, 0) is 30.7 Å². The van der Waals surface area contributed by atoms with Crippen molar-refractivity contribution in [1.82, 2.24) is 10.2 Å². The lowest BCUT2D eigenvalue weighted by Gasteiger charge is -2.01. The van der Waals surface area contributed by atoms with E-state index in [0.717, 1.165) is 10.6 Å². The molecule has 2 rings (SSSR count). The summed E-state index contributed by atoms with van der Waals surface area (Å²) in [6.45, 7) is 1.94. The number of hydrogen-bond acceptors (Lipinski definition) is 2. The summed E-state index contributed by atoms with van der Waals surface area (Å²) in [5.74, 6) is -0.199. The molecule has 1 aromatic heterocycles. The molecule has 0 saturated carbocycles. The first kappa shape index (κ1) is 9.27. The van der Waals surface area contributed by atoms with Gasteiger partial charge < -0.3 is 0 Å². The van der Waals surface area contributed by atoms with Gasteiger partial charge in [0.05, 0.1) is 5.03 Å². The molecule has 2 aromatic rings. The highest BCUT2D eigenvalue weighted by Crippen LogP contribution is 2.28. The van der Waals surface area contributed by atoms with Gasteiger partial charge in [-0.1, -0.05) is 17.8 Å². The third kappa shape index (κ3) is 1.96. The van der Waals surface area contributed by atoms with E-state index in [0.29, 0.717) is 4.90 Å². The van der Waals surface area contributed by atoms with Gasteiger partial charge >= 0.3 is 0 Å². The predicted octanol–water partition coefficient (Wildman–Crippen LogP) is 3.01. The standard InChI is InChI=1S/C10H9FN2S/c1-7-2-3-8(11)9(6-7)14-10-4-5-12-13-10/h2-6H,1H3,(H,12,13). The molecule has 0 amide bonds. The molecule has 1 heterocycles. The molecule has 4 heteroatoms. The monoisotopic (exact) mass is 208 g/mol. The molecule has 0 aliphatic heterocycles. The van der Waals surface area contributed by atoms with Crippen molar-refractivity contribution >= 4 is 11.8 Å². The first-order valence-electron chi connectivity index (χ1n) is 4.19. The summed E-state index contributed by atoms with van der Waals surface area (Å²) in [5.41, 5.74) is 1.05.